The summed E-state index contributed by atoms with van der Waals surface area (Å²) in [5.74, 6) is -0.491. The Morgan fingerprint density at radius 1 is 1.04 bits per heavy atom. The van der Waals surface area contributed by atoms with Gasteiger partial charge >= 0.3 is 6.18 Å². The lowest BCUT2D eigenvalue weighted by atomic mass is 10.2. The smallest absolute Gasteiger partial charge is 0.370 e. The second kappa shape index (κ2) is 8.12. The van der Waals surface area contributed by atoms with E-state index in [4.69, 9.17) is 0 Å². The highest BCUT2D eigenvalue weighted by Crippen LogP contribution is 2.29. The topological polar surface area (TPSA) is 45.2 Å². The lowest BCUT2D eigenvalue weighted by Gasteiger charge is -2.19. The van der Waals surface area contributed by atoms with Crippen LogP contribution in [0.2, 0.25) is 0 Å². The maximum absolute atomic E-state index is 12.6. The molecule has 0 atom stereocenters. The normalized spacial score (nSPS) is 11.1. The number of pyridine rings is 1. The molecule has 0 aliphatic rings. The van der Waals surface area contributed by atoms with Crippen LogP contribution >= 0.6 is 0 Å². The van der Waals surface area contributed by atoms with E-state index in [0.29, 0.717) is 6.54 Å². The number of rotatable bonds is 5. The van der Waals surface area contributed by atoms with Crippen LogP contribution in [0.15, 0.2) is 72.9 Å². The highest BCUT2D eigenvalue weighted by atomic mass is 19.4. The van der Waals surface area contributed by atoms with Gasteiger partial charge in [0.15, 0.2) is 0 Å². The lowest BCUT2D eigenvalue weighted by molar-refractivity contribution is -0.137. The van der Waals surface area contributed by atoms with E-state index in [0.717, 1.165) is 23.4 Å². The number of benzene rings is 2. The Hall–Kier alpha value is -3.35. The van der Waals surface area contributed by atoms with Crippen LogP contribution in [0, 0.1) is 0 Å². The van der Waals surface area contributed by atoms with E-state index in [2.05, 4.69) is 10.3 Å². The fourth-order valence-electron chi connectivity index (χ4n) is 2.67. The van der Waals surface area contributed by atoms with Crippen LogP contribution in [0.4, 0.5) is 24.5 Å². The van der Waals surface area contributed by atoms with Gasteiger partial charge in [-0.25, -0.2) is 0 Å². The van der Waals surface area contributed by atoms with E-state index in [9.17, 15) is 18.0 Å². The zero-order valence-electron chi connectivity index (χ0n) is 15.1. The number of anilines is 2. The molecule has 1 heterocycles. The molecular formula is C21H18F3N3O. The molecule has 1 aromatic heterocycles. The fourth-order valence-corrected chi connectivity index (χ4v) is 2.67. The number of amides is 1. The van der Waals surface area contributed by atoms with Crippen molar-refractivity contribution in [1.29, 1.82) is 0 Å². The lowest BCUT2D eigenvalue weighted by Crippen LogP contribution is -2.18. The van der Waals surface area contributed by atoms with Gasteiger partial charge in [0, 0.05) is 31.2 Å². The first-order valence-electron chi connectivity index (χ1n) is 8.52. The van der Waals surface area contributed by atoms with Crippen molar-refractivity contribution in [2.75, 3.05) is 17.3 Å². The van der Waals surface area contributed by atoms with Gasteiger partial charge in [0.05, 0.1) is 5.56 Å². The number of aromatic nitrogens is 1. The zero-order valence-corrected chi connectivity index (χ0v) is 15.1. The first kappa shape index (κ1) is 19.4. The molecule has 3 aromatic rings. The SMILES string of the molecule is CN(Cc1ccccc1)c1ccnc(C(=O)Nc2ccc(C(F)(F)F)cc2)c1. The van der Waals surface area contributed by atoms with Crippen LogP contribution in [-0.4, -0.2) is 17.9 Å². The summed E-state index contributed by atoms with van der Waals surface area (Å²) in [7, 11) is 1.90. The van der Waals surface area contributed by atoms with Crippen molar-refractivity contribution in [2.45, 2.75) is 12.7 Å². The van der Waals surface area contributed by atoms with Crippen LogP contribution in [0.3, 0.4) is 0 Å². The quantitative estimate of drug-likeness (QED) is 0.673. The second-order valence-corrected chi connectivity index (χ2v) is 6.27. The van der Waals surface area contributed by atoms with Crippen molar-refractivity contribution in [1.82, 2.24) is 4.98 Å². The van der Waals surface area contributed by atoms with Gasteiger partial charge < -0.3 is 10.2 Å². The van der Waals surface area contributed by atoms with Crippen LogP contribution < -0.4 is 10.2 Å². The van der Waals surface area contributed by atoms with Gasteiger partial charge in [0.1, 0.15) is 5.69 Å². The number of hydrogen-bond donors (Lipinski definition) is 1. The summed E-state index contributed by atoms with van der Waals surface area (Å²) in [6.45, 7) is 0.658. The van der Waals surface area contributed by atoms with E-state index in [1.54, 1.807) is 12.1 Å². The van der Waals surface area contributed by atoms with Crippen molar-refractivity contribution in [3.05, 3.63) is 89.7 Å². The largest absolute Gasteiger partial charge is 0.416 e. The number of carbonyl (C=O) groups excluding carboxylic acids is 1. The summed E-state index contributed by atoms with van der Waals surface area (Å²) in [6, 6.07) is 17.6. The first-order chi connectivity index (χ1) is 13.3. The minimum atomic E-state index is -4.41. The van der Waals surface area contributed by atoms with Gasteiger partial charge in [0.25, 0.3) is 5.91 Å². The number of nitrogens with one attached hydrogen (secondary N) is 1. The molecule has 0 fully saturated rings. The number of hydrogen-bond acceptors (Lipinski definition) is 3. The van der Waals surface area contributed by atoms with Gasteiger partial charge in [-0.3, -0.25) is 9.78 Å². The Labute approximate surface area is 160 Å². The molecule has 0 saturated heterocycles. The molecule has 28 heavy (non-hydrogen) atoms. The third kappa shape index (κ3) is 4.88. The predicted octanol–water partition coefficient (Wildman–Crippen LogP) is 4.99. The molecule has 0 bridgehead atoms. The molecule has 0 saturated carbocycles. The summed E-state index contributed by atoms with van der Waals surface area (Å²) in [5, 5.41) is 2.57. The minimum Gasteiger partial charge on any atom is -0.370 e. The van der Waals surface area contributed by atoms with Crippen molar-refractivity contribution >= 4 is 17.3 Å². The summed E-state index contributed by atoms with van der Waals surface area (Å²) in [6.07, 6.45) is -2.89. The van der Waals surface area contributed by atoms with Crippen LogP contribution in [-0.2, 0) is 12.7 Å². The number of carbonyl (C=O) groups is 1. The highest BCUT2D eigenvalue weighted by molar-refractivity contribution is 6.03. The minimum absolute atomic E-state index is 0.178. The summed E-state index contributed by atoms with van der Waals surface area (Å²) < 4.78 is 37.9. The Kier molecular flexibility index (Phi) is 5.63. The highest BCUT2D eigenvalue weighted by Gasteiger charge is 2.30. The van der Waals surface area contributed by atoms with Crippen molar-refractivity contribution in [2.24, 2.45) is 0 Å². The monoisotopic (exact) mass is 385 g/mol. The molecule has 0 spiro atoms. The van der Waals surface area contributed by atoms with E-state index >= 15 is 0 Å². The van der Waals surface area contributed by atoms with Gasteiger partial charge in [-0.15, -0.1) is 0 Å². The van der Waals surface area contributed by atoms with Crippen LogP contribution in [0.25, 0.3) is 0 Å². The molecule has 1 amide bonds. The Morgan fingerprint density at radius 2 is 1.71 bits per heavy atom. The maximum Gasteiger partial charge on any atom is 0.416 e. The maximum atomic E-state index is 12.6. The molecule has 0 radical (unpaired) electrons. The molecule has 7 heteroatoms. The van der Waals surface area contributed by atoms with Crippen molar-refractivity contribution in [3.8, 4) is 0 Å². The Morgan fingerprint density at radius 3 is 2.36 bits per heavy atom. The fraction of sp³-hybridized carbons (Fsp3) is 0.143. The predicted molar refractivity (Wildman–Crippen MR) is 102 cm³/mol. The summed E-state index contributed by atoms with van der Waals surface area (Å²) in [4.78, 5) is 18.5. The van der Waals surface area contributed by atoms with Gasteiger partial charge in [-0.05, 0) is 42.0 Å². The van der Waals surface area contributed by atoms with Crippen molar-refractivity contribution in [3.63, 3.8) is 0 Å². The molecule has 4 nitrogen and oxygen atoms in total. The van der Waals surface area contributed by atoms with Crippen molar-refractivity contribution < 1.29 is 18.0 Å². The molecule has 3 rings (SSSR count). The summed E-state index contributed by atoms with van der Waals surface area (Å²) in [5.41, 5.74) is 1.60. The van der Waals surface area contributed by atoms with E-state index in [1.807, 2.05) is 42.3 Å². The van der Waals surface area contributed by atoms with Gasteiger partial charge in [-0.2, -0.15) is 13.2 Å². The molecular weight excluding hydrogens is 367 g/mol. The number of nitrogens with zero attached hydrogens (tertiary/aromatic N) is 2. The summed E-state index contributed by atoms with van der Waals surface area (Å²) >= 11 is 0. The Bertz CT molecular complexity index is 941. The number of alkyl halides is 3. The number of halogens is 3. The third-order valence-corrected chi connectivity index (χ3v) is 4.15. The third-order valence-electron chi connectivity index (χ3n) is 4.15. The molecule has 0 unspecified atom stereocenters. The zero-order chi connectivity index (χ0) is 20.1. The van der Waals surface area contributed by atoms with E-state index in [-0.39, 0.29) is 11.4 Å². The van der Waals surface area contributed by atoms with E-state index in [1.165, 1.54) is 18.3 Å². The molecule has 1 N–H and O–H groups in total. The van der Waals surface area contributed by atoms with Crippen LogP contribution in [0.1, 0.15) is 21.6 Å². The second-order valence-electron chi connectivity index (χ2n) is 6.27. The van der Waals surface area contributed by atoms with E-state index < -0.39 is 17.6 Å². The molecule has 0 aliphatic heterocycles. The first-order valence-corrected chi connectivity index (χ1v) is 8.52. The average Bonchev–Trinajstić information content (AvgIpc) is 2.68. The van der Waals surface area contributed by atoms with Crippen LogP contribution in [0.5, 0.6) is 0 Å². The molecule has 2 aromatic carbocycles. The van der Waals surface area contributed by atoms with Gasteiger partial charge in [0.2, 0.25) is 0 Å². The average molecular weight is 385 g/mol. The molecule has 0 aliphatic carbocycles. The Balaban J connectivity index is 1.70. The van der Waals surface area contributed by atoms with Gasteiger partial charge in [-0.1, -0.05) is 30.3 Å². The standard InChI is InChI=1S/C21H18F3N3O/c1-27(14-15-5-3-2-4-6-15)18-11-12-25-19(13-18)20(28)26-17-9-7-16(8-10-17)21(22,23)24/h2-13H,14H2,1H3,(H,26,28). The molecule has 144 valence electrons.